The van der Waals surface area contributed by atoms with Crippen LogP contribution < -0.4 is 11.5 Å². The Morgan fingerprint density at radius 3 is 2.42 bits per heavy atom. The van der Waals surface area contributed by atoms with Gasteiger partial charge in [0.15, 0.2) is 0 Å². The second kappa shape index (κ2) is 7.01. The number of anilines is 1. The minimum atomic E-state index is -1.08. The summed E-state index contributed by atoms with van der Waals surface area (Å²) < 4.78 is 4.73. The van der Waals surface area contributed by atoms with Crippen molar-refractivity contribution in [2.24, 2.45) is 5.73 Å². The molecule has 2 atom stereocenters. The molecule has 0 bridgehead atoms. The van der Waals surface area contributed by atoms with Gasteiger partial charge in [0.1, 0.15) is 11.5 Å². The highest BCUT2D eigenvalue weighted by atomic mass is 32.2. The Morgan fingerprint density at radius 2 is 1.95 bits per heavy atom. The van der Waals surface area contributed by atoms with E-state index in [1.807, 2.05) is 0 Å². The molecular weight excluding hydrogens is 268 g/mol. The van der Waals surface area contributed by atoms with E-state index < -0.39 is 23.4 Å². The summed E-state index contributed by atoms with van der Waals surface area (Å²) >= 11 is 1.06. The third-order valence-electron chi connectivity index (χ3n) is 2.10. The first kappa shape index (κ1) is 15.3. The highest BCUT2D eigenvalue weighted by Crippen LogP contribution is 2.26. The van der Waals surface area contributed by atoms with Gasteiger partial charge in [-0.3, -0.25) is 15.3 Å². The van der Waals surface area contributed by atoms with Crippen molar-refractivity contribution in [1.29, 1.82) is 0 Å². The third-order valence-corrected chi connectivity index (χ3v) is 3.30. The van der Waals surface area contributed by atoms with Crippen molar-refractivity contribution in [1.82, 2.24) is 0 Å². The number of hydrogen-bond donors (Lipinski definition) is 3. The second-order valence-electron chi connectivity index (χ2n) is 3.91. The van der Waals surface area contributed by atoms with Gasteiger partial charge in [0.05, 0.1) is 6.42 Å². The molecule has 1 aromatic rings. The van der Waals surface area contributed by atoms with Gasteiger partial charge in [0, 0.05) is 10.6 Å². The van der Waals surface area contributed by atoms with Gasteiger partial charge in [0.2, 0.25) is 0 Å². The molecule has 19 heavy (non-hydrogen) atoms. The second-order valence-corrected chi connectivity index (χ2v) is 5.19. The van der Waals surface area contributed by atoms with Crippen LogP contribution in [0, 0.1) is 0 Å². The first-order valence-corrected chi connectivity index (χ1v) is 6.46. The number of nitrogens with two attached hydrogens (primary N) is 2. The number of thioether (sulfide) groups is 1. The van der Waals surface area contributed by atoms with Gasteiger partial charge >= 0.3 is 11.9 Å². The molecule has 0 spiro atoms. The van der Waals surface area contributed by atoms with Gasteiger partial charge in [-0.15, -0.1) is 11.8 Å². The molecule has 2 unspecified atom stereocenters. The van der Waals surface area contributed by atoms with Crippen molar-refractivity contribution in [2.45, 2.75) is 29.7 Å². The third kappa shape index (κ3) is 5.62. The quantitative estimate of drug-likeness (QED) is 0.309. The molecular formula is C12H16N2O4S. The molecule has 0 aliphatic rings. The van der Waals surface area contributed by atoms with Crippen molar-refractivity contribution in [2.75, 3.05) is 5.73 Å². The van der Waals surface area contributed by atoms with Crippen LogP contribution in [0.2, 0.25) is 0 Å². The van der Waals surface area contributed by atoms with Crippen molar-refractivity contribution < 1.29 is 19.4 Å². The van der Waals surface area contributed by atoms with Crippen molar-refractivity contribution >= 4 is 29.4 Å². The molecule has 1 rings (SSSR count). The lowest BCUT2D eigenvalue weighted by Gasteiger charge is -2.13. The van der Waals surface area contributed by atoms with E-state index in [1.165, 1.54) is 6.92 Å². The van der Waals surface area contributed by atoms with Crippen LogP contribution in [0.5, 0.6) is 0 Å². The molecule has 7 heteroatoms. The lowest BCUT2D eigenvalue weighted by molar-refractivity contribution is -0.150. The number of carboxylic acid groups (broad SMARTS) is 1. The highest BCUT2D eigenvalue weighted by Gasteiger charge is 2.24. The topological polar surface area (TPSA) is 116 Å². The Balaban J connectivity index is 2.65. The Bertz CT molecular complexity index is 448. The molecule has 0 radical (unpaired) electrons. The molecule has 0 fully saturated rings. The largest absolute Gasteiger partial charge is 0.480 e. The Labute approximate surface area is 115 Å². The van der Waals surface area contributed by atoms with Crippen LogP contribution in [0.25, 0.3) is 0 Å². The van der Waals surface area contributed by atoms with Crippen LogP contribution in [-0.2, 0) is 14.3 Å². The summed E-state index contributed by atoms with van der Waals surface area (Å²) in [6, 6.07) is 6.74. The molecule has 5 N–H and O–H groups in total. The summed E-state index contributed by atoms with van der Waals surface area (Å²) in [5, 5.41) is 8.17. The zero-order chi connectivity index (χ0) is 14.4. The molecule has 0 aromatic heterocycles. The van der Waals surface area contributed by atoms with Crippen LogP contribution in [0.15, 0.2) is 29.2 Å². The predicted molar refractivity (Wildman–Crippen MR) is 72.5 cm³/mol. The predicted octanol–water partition coefficient (Wildman–Crippen LogP) is 1.05. The average molecular weight is 284 g/mol. The number of aliphatic carboxylic acids is 1. The SMILES string of the molecule is CC(N)OC(=O)CC(Sc1ccc(N)cc1)C(=O)O. The number of ether oxygens (including phenoxy) is 1. The van der Waals surface area contributed by atoms with E-state index in [2.05, 4.69) is 0 Å². The van der Waals surface area contributed by atoms with Gasteiger partial charge in [-0.1, -0.05) is 0 Å². The molecule has 0 amide bonds. The summed E-state index contributed by atoms with van der Waals surface area (Å²) in [4.78, 5) is 23.2. The van der Waals surface area contributed by atoms with E-state index in [0.717, 1.165) is 16.7 Å². The Kier molecular flexibility index (Phi) is 5.65. The highest BCUT2D eigenvalue weighted by molar-refractivity contribution is 8.00. The van der Waals surface area contributed by atoms with Gasteiger partial charge in [-0.25, -0.2) is 0 Å². The average Bonchev–Trinajstić information content (AvgIpc) is 2.29. The molecule has 0 aliphatic carbocycles. The summed E-state index contributed by atoms with van der Waals surface area (Å²) in [6.45, 7) is 1.50. The van der Waals surface area contributed by atoms with Crippen LogP contribution in [-0.4, -0.2) is 28.5 Å². The number of esters is 1. The fourth-order valence-electron chi connectivity index (χ4n) is 1.30. The van der Waals surface area contributed by atoms with Crippen LogP contribution >= 0.6 is 11.8 Å². The van der Waals surface area contributed by atoms with E-state index in [0.29, 0.717) is 5.69 Å². The number of carboxylic acids is 1. The lowest BCUT2D eigenvalue weighted by atomic mass is 10.3. The number of carbonyl (C=O) groups is 2. The van der Waals surface area contributed by atoms with Crippen LogP contribution in [0.1, 0.15) is 13.3 Å². The number of nitrogen functional groups attached to an aromatic ring is 1. The fraction of sp³-hybridized carbons (Fsp3) is 0.333. The van der Waals surface area contributed by atoms with E-state index in [-0.39, 0.29) is 6.42 Å². The maximum Gasteiger partial charge on any atom is 0.317 e. The summed E-state index contributed by atoms with van der Waals surface area (Å²) in [6.07, 6.45) is -0.991. The Morgan fingerprint density at radius 1 is 1.37 bits per heavy atom. The first-order chi connectivity index (χ1) is 8.88. The fourth-order valence-corrected chi connectivity index (χ4v) is 2.24. The van der Waals surface area contributed by atoms with E-state index in [4.69, 9.17) is 21.3 Å². The monoisotopic (exact) mass is 284 g/mol. The summed E-state index contributed by atoms with van der Waals surface area (Å²) in [5.41, 5.74) is 11.4. The van der Waals surface area contributed by atoms with Gasteiger partial charge in [0.25, 0.3) is 0 Å². The lowest BCUT2D eigenvalue weighted by Crippen LogP contribution is -2.27. The number of carbonyl (C=O) groups excluding carboxylic acids is 1. The Hall–Kier alpha value is -1.73. The number of benzene rings is 1. The molecule has 0 heterocycles. The van der Waals surface area contributed by atoms with Gasteiger partial charge < -0.3 is 15.6 Å². The van der Waals surface area contributed by atoms with Crippen molar-refractivity contribution in [3.63, 3.8) is 0 Å². The number of rotatable bonds is 6. The minimum absolute atomic E-state index is 0.244. The zero-order valence-corrected chi connectivity index (χ0v) is 11.2. The van der Waals surface area contributed by atoms with Gasteiger partial charge in [-0.2, -0.15) is 0 Å². The van der Waals surface area contributed by atoms with Crippen LogP contribution in [0.4, 0.5) is 5.69 Å². The van der Waals surface area contributed by atoms with Crippen molar-refractivity contribution in [3.05, 3.63) is 24.3 Å². The minimum Gasteiger partial charge on any atom is -0.480 e. The molecule has 6 nitrogen and oxygen atoms in total. The normalized spacial score (nSPS) is 13.6. The van der Waals surface area contributed by atoms with Gasteiger partial charge in [-0.05, 0) is 31.2 Å². The maximum absolute atomic E-state index is 11.4. The zero-order valence-electron chi connectivity index (χ0n) is 10.4. The maximum atomic E-state index is 11.4. The van der Waals surface area contributed by atoms with Crippen LogP contribution in [0.3, 0.4) is 0 Å². The molecule has 0 saturated carbocycles. The number of hydrogen-bond acceptors (Lipinski definition) is 6. The standard InChI is InChI=1S/C12H16N2O4S/c1-7(13)18-11(15)6-10(12(16)17)19-9-4-2-8(14)3-5-9/h2-5,7,10H,6,13-14H2,1H3,(H,16,17). The molecule has 0 aliphatic heterocycles. The smallest absolute Gasteiger partial charge is 0.317 e. The van der Waals surface area contributed by atoms with E-state index in [9.17, 15) is 9.59 Å². The summed E-state index contributed by atoms with van der Waals surface area (Å²) in [7, 11) is 0. The van der Waals surface area contributed by atoms with Crippen molar-refractivity contribution in [3.8, 4) is 0 Å². The molecule has 104 valence electrons. The molecule has 0 saturated heterocycles. The van der Waals surface area contributed by atoms with E-state index >= 15 is 0 Å². The summed E-state index contributed by atoms with van der Waals surface area (Å²) in [5.74, 6) is -1.71. The van der Waals surface area contributed by atoms with E-state index in [1.54, 1.807) is 24.3 Å². The molecule has 1 aromatic carbocycles. The first-order valence-electron chi connectivity index (χ1n) is 5.58.